The molecule has 5 nitrogen and oxygen atoms in total. The maximum Gasteiger partial charge on any atom is 0.247 e. The van der Waals surface area contributed by atoms with Gasteiger partial charge in [0.2, 0.25) is 5.91 Å². The van der Waals surface area contributed by atoms with Gasteiger partial charge in [-0.15, -0.1) is 0 Å². The van der Waals surface area contributed by atoms with Crippen molar-refractivity contribution >= 4 is 12.0 Å². The molecule has 0 spiro atoms. The minimum Gasteiger partial charge on any atom is -0.497 e. The lowest BCUT2D eigenvalue weighted by Crippen LogP contribution is -2.28. The third-order valence-electron chi connectivity index (χ3n) is 4.88. The van der Waals surface area contributed by atoms with Crippen LogP contribution in [0.1, 0.15) is 30.0 Å². The van der Waals surface area contributed by atoms with E-state index in [9.17, 15) is 4.79 Å². The molecule has 1 heterocycles. The number of carbonyl (C=O) groups excluding carboxylic acids is 1. The van der Waals surface area contributed by atoms with Crippen molar-refractivity contribution in [3.8, 4) is 17.2 Å². The molecule has 0 radical (unpaired) electrons. The standard InChI is InChI=1S/C22H25NO4/c1-25-18-10-6-16(7-11-18)20-5-4-14-23(20)22(24)13-9-17-8-12-19(26-2)15-21(17)27-3/h6-13,15,20H,4-5,14H2,1-3H3. The molecule has 0 N–H and O–H groups in total. The fraction of sp³-hybridized carbons (Fsp3) is 0.318. The zero-order valence-electron chi connectivity index (χ0n) is 16.0. The summed E-state index contributed by atoms with van der Waals surface area (Å²) in [7, 11) is 4.87. The number of hydrogen-bond donors (Lipinski definition) is 0. The lowest BCUT2D eigenvalue weighted by molar-refractivity contribution is -0.126. The van der Waals surface area contributed by atoms with Gasteiger partial charge in [0.1, 0.15) is 17.2 Å². The molecule has 1 atom stereocenters. The molecule has 1 saturated heterocycles. The molecule has 0 saturated carbocycles. The predicted molar refractivity (Wildman–Crippen MR) is 105 cm³/mol. The van der Waals surface area contributed by atoms with Gasteiger partial charge in [-0.05, 0) is 48.7 Å². The Bertz CT molecular complexity index is 814. The van der Waals surface area contributed by atoms with Gasteiger partial charge in [0.05, 0.1) is 27.4 Å². The number of likely N-dealkylation sites (tertiary alicyclic amines) is 1. The average molecular weight is 367 g/mol. The van der Waals surface area contributed by atoms with Crippen LogP contribution in [-0.2, 0) is 4.79 Å². The van der Waals surface area contributed by atoms with Crippen LogP contribution in [0.15, 0.2) is 48.5 Å². The highest BCUT2D eigenvalue weighted by molar-refractivity contribution is 5.92. The third-order valence-corrected chi connectivity index (χ3v) is 4.88. The van der Waals surface area contributed by atoms with Crippen LogP contribution in [-0.4, -0.2) is 38.7 Å². The Labute approximate surface area is 160 Å². The Kier molecular flexibility index (Phi) is 6.01. The van der Waals surface area contributed by atoms with Crippen LogP contribution < -0.4 is 14.2 Å². The van der Waals surface area contributed by atoms with Crippen LogP contribution in [0.3, 0.4) is 0 Å². The van der Waals surface area contributed by atoms with Gasteiger partial charge in [0, 0.05) is 24.3 Å². The molecule has 142 valence electrons. The van der Waals surface area contributed by atoms with Crippen molar-refractivity contribution in [1.82, 2.24) is 4.90 Å². The Morgan fingerprint density at radius 3 is 2.37 bits per heavy atom. The van der Waals surface area contributed by atoms with Gasteiger partial charge in [-0.25, -0.2) is 0 Å². The van der Waals surface area contributed by atoms with Crippen LogP contribution in [0.4, 0.5) is 0 Å². The van der Waals surface area contributed by atoms with Gasteiger partial charge in [0.25, 0.3) is 0 Å². The van der Waals surface area contributed by atoms with Crippen molar-refractivity contribution in [3.63, 3.8) is 0 Å². The van der Waals surface area contributed by atoms with Crippen molar-refractivity contribution in [2.24, 2.45) is 0 Å². The highest BCUT2D eigenvalue weighted by Crippen LogP contribution is 2.33. The van der Waals surface area contributed by atoms with Crippen LogP contribution in [0.5, 0.6) is 17.2 Å². The van der Waals surface area contributed by atoms with Crippen LogP contribution in [0.25, 0.3) is 6.08 Å². The molecule has 1 aliphatic heterocycles. The number of amides is 1. The molecule has 0 aliphatic carbocycles. The van der Waals surface area contributed by atoms with Gasteiger partial charge >= 0.3 is 0 Å². The summed E-state index contributed by atoms with van der Waals surface area (Å²) in [4.78, 5) is 14.7. The zero-order chi connectivity index (χ0) is 19.2. The van der Waals surface area contributed by atoms with Crippen LogP contribution in [0, 0.1) is 0 Å². The first-order valence-corrected chi connectivity index (χ1v) is 9.01. The number of ether oxygens (including phenoxy) is 3. The van der Waals surface area contributed by atoms with E-state index in [-0.39, 0.29) is 11.9 Å². The largest absolute Gasteiger partial charge is 0.497 e. The molecule has 2 aromatic carbocycles. The molecule has 0 bridgehead atoms. The molecule has 3 rings (SSSR count). The minimum atomic E-state index is 0.00573. The Morgan fingerprint density at radius 2 is 1.70 bits per heavy atom. The maximum atomic E-state index is 12.8. The normalized spacial score (nSPS) is 16.6. The highest BCUT2D eigenvalue weighted by Gasteiger charge is 2.28. The zero-order valence-corrected chi connectivity index (χ0v) is 16.0. The molecule has 2 aromatic rings. The van der Waals surface area contributed by atoms with E-state index in [2.05, 4.69) is 0 Å². The second kappa shape index (κ2) is 8.62. The molecule has 1 amide bonds. The number of rotatable bonds is 6. The Hall–Kier alpha value is -2.95. The summed E-state index contributed by atoms with van der Waals surface area (Å²) >= 11 is 0. The fourth-order valence-electron chi connectivity index (χ4n) is 3.42. The van der Waals surface area contributed by atoms with Crippen molar-refractivity contribution in [3.05, 3.63) is 59.7 Å². The van der Waals surface area contributed by atoms with Gasteiger partial charge in [-0.3, -0.25) is 4.79 Å². The number of methoxy groups -OCH3 is 3. The smallest absolute Gasteiger partial charge is 0.247 e. The predicted octanol–water partition coefficient (Wildman–Crippen LogP) is 4.09. The molecule has 1 fully saturated rings. The van der Waals surface area contributed by atoms with Crippen molar-refractivity contribution in [1.29, 1.82) is 0 Å². The van der Waals surface area contributed by atoms with Crippen molar-refractivity contribution in [2.75, 3.05) is 27.9 Å². The minimum absolute atomic E-state index is 0.00573. The van der Waals surface area contributed by atoms with Crippen LogP contribution in [0.2, 0.25) is 0 Å². The summed E-state index contributed by atoms with van der Waals surface area (Å²) in [5.41, 5.74) is 1.98. The van der Waals surface area contributed by atoms with E-state index in [1.807, 2.05) is 41.3 Å². The average Bonchev–Trinajstić information content (AvgIpc) is 3.22. The lowest BCUT2D eigenvalue weighted by atomic mass is 10.0. The topological polar surface area (TPSA) is 48.0 Å². The van der Waals surface area contributed by atoms with Gasteiger partial charge in [-0.1, -0.05) is 12.1 Å². The summed E-state index contributed by atoms with van der Waals surface area (Å²) in [6.07, 6.45) is 5.38. The van der Waals surface area contributed by atoms with E-state index in [0.29, 0.717) is 5.75 Å². The van der Waals surface area contributed by atoms with E-state index < -0.39 is 0 Å². The maximum absolute atomic E-state index is 12.8. The summed E-state index contributed by atoms with van der Waals surface area (Å²) < 4.78 is 15.8. The van der Waals surface area contributed by atoms with Gasteiger partial charge in [-0.2, -0.15) is 0 Å². The molecule has 1 aliphatic rings. The Balaban J connectivity index is 1.75. The van der Waals surface area contributed by atoms with Gasteiger partial charge < -0.3 is 19.1 Å². The summed E-state index contributed by atoms with van der Waals surface area (Å²) in [6.45, 7) is 0.764. The van der Waals surface area contributed by atoms with Crippen molar-refractivity contribution in [2.45, 2.75) is 18.9 Å². The number of carbonyl (C=O) groups is 1. The SMILES string of the molecule is COc1ccc(C2CCCN2C(=O)C=Cc2ccc(OC)cc2OC)cc1. The summed E-state index contributed by atoms with van der Waals surface area (Å²) in [6, 6.07) is 13.6. The Morgan fingerprint density at radius 1 is 1.00 bits per heavy atom. The van der Waals surface area contributed by atoms with E-state index in [0.717, 1.165) is 42.0 Å². The first-order chi connectivity index (χ1) is 13.2. The molecular formula is C22H25NO4. The third kappa shape index (κ3) is 4.25. The van der Waals surface area contributed by atoms with E-state index in [1.165, 1.54) is 0 Å². The molecule has 5 heteroatoms. The first kappa shape index (κ1) is 18.8. The van der Waals surface area contributed by atoms with Crippen LogP contribution >= 0.6 is 0 Å². The summed E-state index contributed by atoms with van der Waals surface area (Å²) in [5, 5.41) is 0. The van der Waals surface area contributed by atoms with E-state index in [4.69, 9.17) is 14.2 Å². The lowest BCUT2D eigenvalue weighted by Gasteiger charge is -2.24. The molecule has 1 unspecified atom stereocenters. The molecule has 0 aromatic heterocycles. The van der Waals surface area contributed by atoms with Gasteiger partial charge in [0.15, 0.2) is 0 Å². The monoisotopic (exact) mass is 367 g/mol. The van der Waals surface area contributed by atoms with E-state index in [1.54, 1.807) is 39.5 Å². The first-order valence-electron chi connectivity index (χ1n) is 9.01. The number of hydrogen-bond acceptors (Lipinski definition) is 4. The fourth-order valence-corrected chi connectivity index (χ4v) is 3.42. The second-order valence-electron chi connectivity index (χ2n) is 6.40. The summed E-state index contributed by atoms with van der Waals surface area (Å²) in [5.74, 6) is 2.22. The highest BCUT2D eigenvalue weighted by atomic mass is 16.5. The molecule has 27 heavy (non-hydrogen) atoms. The number of benzene rings is 2. The number of nitrogens with zero attached hydrogens (tertiary/aromatic N) is 1. The van der Waals surface area contributed by atoms with E-state index >= 15 is 0 Å². The molecular weight excluding hydrogens is 342 g/mol. The quantitative estimate of drug-likeness (QED) is 0.722. The van der Waals surface area contributed by atoms with Crippen molar-refractivity contribution < 1.29 is 19.0 Å². The second-order valence-corrected chi connectivity index (χ2v) is 6.40.